The van der Waals surface area contributed by atoms with Crippen LogP contribution >= 0.6 is 0 Å². The molecule has 7 heteroatoms. The van der Waals surface area contributed by atoms with Crippen molar-refractivity contribution >= 4 is 17.8 Å². The average molecular weight is 348 g/mol. The SMILES string of the molecule is CCC(C)C(NC(N)=O)C(=O)NNC(=O)c1ccc(C(C)(C)C)cc1. The maximum Gasteiger partial charge on any atom is 0.312 e. The predicted molar refractivity (Wildman–Crippen MR) is 96.7 cm³/mol. The molecule has 138 valence electrons. The van der Waals surface area contributed by atoms with Crippen molar-refractivity contribution in [2.75, 3.05) is 0 Å². The molecule has 0 saturated carbocycles. The first-order valence-corrected chi connectivity index (χ1v) is 8.33. The van der Waals surface area contributed by atoms with Crippen LogP contribution in [-0.2, 0) is 10.2 Å². The van der Waals surface area contributed by atoms with Crippen molar-refractivity contribution in [3.05, 3.63) is 35.4 Å². The normalized spacial score (nSPS) is 13.5. The fraction of sp³-hybridized carbons (Fsp3) is 0.500. The van der Waals surface area contributed by atoms with Crippen LogP contribution in [0.15, 0.2) is 24.3 Å². The first-order chi connectivity index (χ1) is 11.6. The van der Waals surface area contributed by atoms with E-state index in [1.165, 1.54) is 0 Å². The number of benzene rings is 1. The highest BCUT2D eigenvalue weighted by Crippen LogP contribution is 2.22. The van der Waals surface area contributed by atoms with E-state index >= 15 is 0 Å². The van der Waals surface area contributed by atoms with E-state index in [1.807, 2.05) is 26.0 Å². The van der Waals surface area contributed by atoms with Crippen LogP contribution in [0.1, 0.15) is 57.0 Å². The molecule has 25 heavy (non-hydrogen) atoms. The van der Waals surface area contributed by atoms with Crippen LogP contribution in [0.3, 0.4) is 0 Å². The number of primary amides is 1. The summed E-state index contributed by atoms with van der Waals surface area (Å²) in [5, 5.41) is 2.39. The van der Waals surface area contributed by atoms with Gasteiger partial charge in [-0.1, -0.05) is 53.2 Å². The standard InChI is InChI=1S/C18H28N4O3/c1-6-11(2)14(20-17(19)25)16(24)22-21-15(23)12-7-9-13(10-8-12)18(3,4)5/h7-11,14H,6H2,1-5H3,(H,21,23)(H,22,24)(H3,19,20,25). The van der Waals surface area contributed by atoms with Crippen molar-refractivity contribution in [3.8, 4) is 0 Å². The number of carbonyl (C=O) groups excluding carboxylic acids is 3. The van der Waals surface area contributed by atoms with E-state index < -0.39 is 23.9 Å². The van der Waals surface area contributed by atoms with E-state index in [-0.39, 0.29) is 11.3 Å². The second-order valence-electron chi connectivity index (χ2n) is 7.14. The van der Waals surface area contributed by atoms with E-state index in [0.29, 0.717) is 12.0 Å². The van der Waals surface area contributed by atoms with Gasteiger partial charge in [0, 0.05) is 5.56 Å². The lowest BCUT2D eigenvalue weighted by atomic mass is 9.87. The molecule has 2 unspecified atom stereocenters. The minimum atomic E-state index is -0.814. The molecule has 0 aliphatic carbocycles. The van der Waals surface area contributed by atoms with Crippen molar-refractivity contribution < 1.29 is 14.4 Å². The average Bonchev–Trinajstić information content (AvgIpc) is 2.55. The summed E-state index contributed by atoms with van der Waals surface area (Å²) in [5.74, 6) is -1.08. The molecule has 0 aliphatic rings. The van der Waals surface area contributed by atoms with E-state index in [4.69, 9.17) is 5.73 Å². The van der Waals surface area contributed by atoms with Gasteiger partial charge >= 0.3 is 6.03 Å². The number of urea groups is 1. The zero-order valence-electron chi connectivity index (χ0n) is 15.5. The minimum absolute atomic E-state index is 0.00678. The maximum absolute atomic E-state index is 12.2. The Balaban J connectivity index is 2.70. The van der Waals surface area contributed by atoms with Gasteiger partial charge in [-0.2, -0.15) is 0 Å². The van der Waals surface area contributed by atoms with Gasteiger partial charge in [-0.3, -0.25) is 20.4 Å². The summed E-state index contributed by atoms with van der Waals surface area (Å²) in [4.78, 5) is 35.4. The number of carbonyl (C=O) groups is 3. The fourth-order valence-corrected chi connectivity index (χ4v) is 2.25. The van der Waals surface area contributed by atoms with Crippen LogP contribution in [0.5, 0.6) is 0 Å². The molecule has 0 fully saturated rings. The van der Waals surface area contributed by atoms with E-state index in [0.717, 1.165) is 5.56 Å². The molecule has 1 aromatic rings. The number of hydrazine groups is 1. The van der Waals surface area contributed by atoms with Gasteiger partial charge in [-0.25, -0.2) is 4.79 Å². The fourth-order valence-electron chi connectivity index (χ4n) is 2.25. The molecule has 0 heterocycles. The summed E-state index contributed by atoms with van der Waals surface area (Å²) >= 11 is 0. The molecule has 0 saturated heterocycles. The van der Waals surface area contributed by atoms with Crippen LogP contribution in [0.4, 0.5) is 4.79 Å². The summed E-state index contributed by atoms with van der Waals surface area (Å²) in [6, 6.07) is 5.57. The predicted octanol–water partition coefficient (Wildman–Crippen LogP) is 1.83. The summed E-state index contributed by atoms with van der Waals surface area (Å²) < 4.78 is 0. The van der Waals surface area contributed by atoms with Crippen molar-refractivity contribution in [1.29, 1.82) is 0 Å². The van der Waals surface area contributed by atoms with Crippen LogP contribution in [-0.4, -0.2) is 23.9 Å². The highest BCUT2D eigenvalue weighted by atomic mass is 16.2. The number of hydrogen-bond donors (Lipinski definition) is 4. The molecule has 0 aliphatic heterocycles. The van der Waals surface area contributed by atoms with Gasteiger partial charge in [0.2, 0.25) is 0 Å². The second-order valence-corrected chi connectivity index (χ2v) is 7.14. The molecule has 0 spiro atoms. The van der Waals surface area contributed by atoms with E-state index in [9.17, 15) is 14.4 Å². The van der Waals surface area contributed by atoms with Gasteiger partial charge in [0.05, 0.1) is 0 Å². The van der Waals surface area contributed by atoms with Crippen molar-refractivity contribution in [2.45, 2.75) is 52.5 Å². The van der Waals surface area contributed by atoms with E-state index in [1.54, 1.807) is 12.1 Å². The summed E-state index contributed by atoms with van der Waals surface area (Å²) in [6.45, 7) is 9.96. The number of hydrogen-bond acceptors (Lipinski definition) is 3. The summed E-state index contributed by atoms with van der Waals surface area (Å²) in [7, 11) is 0. The zero-order valence-corrected chi connectivity index (χ0v) is 15.5. The quantitative estimate of drug-likeness (QED) is 0.609. The molecule has 2 atom stereocenters. The molecule has 1 rings (SSSR count). The Labute approximate surface area is 148 Å². The van der Waals surface area contributed by atoms with Crippen LogP contribution in [0.25, 0.3) is 0 Å². The molecule has 0 bridgehead atoms. The molecular weight excluding hydrogens is 320 g/mol. The lowest BCUT2D eigenvalue weighted by Gasteiger charge is -2.22. The van der Waals surface area contributed by atoms with E-state index in [2.05, 4.69) is 36.9 Å². The molecule has 0 aromatic heterocycles. The maximum atomic E-state index is 12.2. The third-order valence-electron chi connectivity index (χ3n) is 4.11. The third-order valence-corrected chi connectivity index (χ3v) is 4.11. The van der Waals surface area contributed by atoms with Gasteiger partial charge in [-0.05, 0) is 29.0 Å². The summed E-state index contributed by atoms with van der Waals surface area (Å²) in [6.07, 6.45) is 0.667. The lowest BCUT2D eigenvalue weighted by molar-refractivity contribution is -0.124. The van der Waals surface area contributed by atoms with Crippen molar-refractivity contribution in [3.63, 3.8) is 0 Å². The number of rotatable bonds is 5. The van der Waals surface area contributed by atoms with Gasteiger partial charge in [-0.15, -0.1) is 0 Å². The molecule has 7 nitrogen and oxygen atoms in total. The molecule has 1 aromatic carbocycles. The number of nitrogens with two attached hydrogens (primary N) is 1. The minimum Gasteiger partial charge on any atom is -0.352 e. The van der Waals surface area contributed by atoms with Gasteiger partial charge in [0.1, 0.15) is 6.04 Å². The third kappa shape index (κ3) is 6.10. The summed E-state index contributed by atoms with van der Waals surface area (Å²) in [5.41, 5.74) is 11.3. The topological polar surface area (TPSA) is 113 Å². The number of nitrogens with one attached hydrogen (secondary N) is 3. The smallest absolute Gasteiger partial charge is 0.312 e. The van der Waals surface area contributed by atoms with Gasteiger partial charge in [0.15, 0.2) is 0 Å². The highest BCUT2D eigenvalue weighted by molar-refractivity contribution is 5.96. The molecule has 5 N–H and O–H groups in total. The highest BCUT2D eigenvalue weighted by Gasteiger charge is 2.25. The van der Waals surface area contributed by atoms with Crippen LogP contribution in [0, 0.1) is 5.92 Å². The Morgan fingerprint density at radius 3 is 2.08 bits per heavy atom. The Hall–Kier alpha value is -2.57. The Bertz CT molecular complexity index is 620. The molecule has 0 radical (unpaired) electrons. The molecule has 4 amide bonds. The Kier molecular flexibility index (Phi) is 6.97. The zero-order chi connectivity index (χ0) is 19.2. The Morgan fingerprint density at radius 2 is 1.64 bits per heavy atom. The first-order valence-electron chi connectivity index (χ1n) is 8.33. The van der Waals surface area contributed by atoms with Crippen LogP contribution in [0.2, 0.25) is 0 Å². The Morgan fingerprint density at radius 1 is 1.08 bits per heavy atom. The first kappa shape index (κ1) is 20.5. The lowest BCUT2D eigenvalue weighted by Crippen LogP contribution is -2.55. The second kappa shape index (κ2) is 8.50. The molecular formula is C18H28N4O3. The van der Waals surface area contributed by atoms with Crippen LogP contribution < -0.4 is 21.9 Å². The largest absolute Gasteiger partial charge is 0.352 e. The monoisotopic (exact) mass is 348 g/mol. The van der Waals surface area contributed by atoms with Gasteiger partial charge in [0.25, 0.3) is 11.8 Å². The van der Waals surface area contributed by atoms with Crippen molar-refractivity contribution in [2.24, 2.45) is 11.7 Å². The van der Waals surface area contributed by atoms with Gasteiger partial charge < -0.3 is 11.1 Å². The number of amides is 4. The van der Waals surface area contributed by atoms with Crippen molar-refractivity contribution in [1.82, 2.24) is 16.2 Å².